The average molecular weight is 270 g/mol. The van der Waals surface area contributed by atoms with Crippen LogP contribution in [0.4, 0.5) is 0 Å². The second kappa shape index (κ2) is 4.93. The molecule has 3 nitrogen and oxygen atoms in total. The smallest absolute Gasteiger partial charge is 0.156 e. The summed E-state index contributed by atoms with van der Waals surface area (Å²) in [5, 5.41) is 10.8. The Labute approximate surface area is 118 Å². The van der Waals surface area contributed by atoms with E-state index in [1.54, 1.807) is 7.11 Å². The minimum atomic E-state index is -0.859. The Morgan fingerprint density at radius 3 is 2.60 bits per heavy atom. The quantitative estimate of drug-likeness (QED) is 0.911. The highest BCUT2D eigenvalue weighted by atomic mass is 16.6. The SMILES string of the molecule is COC1(c2ccccc2)COc2c(C)cccc2C1O. The molecule has 1 heterocycles. The monoisotopic (exact) mass is 270 g/mol. The van der Waals surface area contributed by atoms with E-state index in [1.165, 1.54) is 0 Å². The number of para-hydroxylation sites is 1. The summed E-state index contributed by atoms with van der Waals surface area (Å²) < 4.78 is 11.6. The summed E-state index contributed by atoms with van der Waals surface area (Å²) in [6, 6.07) is 15.5. The first-order valence-corrected chi connectivity index (χ1v) is 6.70. The van der Waals surface area contributed by atoms with Crippen LogP contribution in [0.15, 0.2) is 48.5 Å². The van der Waals surface area contributed by atoms with E-state index in [2.05, 4.69) is 0 Å². The van der Waals surface area contributed by atoms with Crippen LogP contribution in [0.3, 0.4) is 0 Å². The summed E-state index contributed by atoms with van der Waals surface area (Å²) >= 11 is 0. The number of fused-ring (bicyclic) bond motifs is 1. The number of benzene rings is 2. The Balaban J connectivity index is 2.12. The molecule has 0 radical (unpaired) electrons. The van der Waals surface area contributed by atoms with Gasteiger partial charge in [-0.3, -0.25) is 0 Å². The molecule has 3 heteroatoms. The van der Waals surface area contributed by atoms with Crippen molar-refractivity contribution < 1.29 is 14.6 Å². The lowest BCUT2D eigenvalue weighted by Gasteiger charge is -2.41. The van der Waals surface area contributed by atoms with E-state index in [1.807, 2.05) is 55.5 Å². The zero-order valence-corrected chi connectivity index (χ0v) is 11.7. The number of hydrogen-bond donors (Lipinski definition) is 1. The fraction of sp³-hybridized carbons (Fsp3) is 0.294. The zero-order valence-electron chi connectivity index (χ0n) is 11.7. The molecule has 1 N–H and O–H groups in total. The van der Waals surface area contributed by atoms with E-state index in [9.17, 15) is 5.11 Å². The molecule has 2 aromatic rings. The van der Waals surface area contributed by atoms with Crippen molar-refractivity contribution in [3.05, 3.63) is 65.2 Å². The van der Waals surface area contributed by atoms with Crippen molar-refractivity contribution in [3.8, 4) is 5.75 Å². The lowest BCUT2D eigenvalue weighted by molar-refractivity contribution is -0.144. The normalized spacial score (nSPS) is 24.9. The molecule has 0 saturated carbocycles. The minimum Gasteiger partial charge on any atom is -0.489 e. The molecule has 2 aromatic carbocycles. The van der Waals surface area contributed by atoms with E-state index < -0.39 is 11.7 Å². The molecular formula is C17H18O3. The van der Waals surface area contributed by atoms with Gasteiger partial charge in [0.25, 0.3) is 0 Å². The molecule has 1 aliphatic heterocycles. The summed E-state index contributed by atoms with van der Waals surface area (Å²) in [5.74, 6) is 0.767. The van der Waals surface area contributed by atoms with Gasteiger partial charge >= 0.3 is 0 Å². The predicted octanol–water partition coefficient (Wildman–Crippen LogP) is 2.96. The highest BCUT2D eigenvalue weighted by Crippen LogP contribution is 2.46. The zero-order chi connectivity index (χ0) is 14.2. The Bertz CT molecular complexity index is 609. The molecule has 0 spiro atoms. The van der Waals surface area contributed by atoms with E-state index in [0.717, 1.165) is 22.4 Å². The molecule has 0 saturated heterocycles. The molecule has 3 rings (SSSR count). The summed E-state index contributed by atoms with van der Waals surface area (Å²) in [7, 11) is 1.61. The van der Waals surface area contributed by atoms with Gasteiger partial charge in [0.2, 0.25) is 0 Å². The van der Waals surface area contributed by atoms with Gasteiger partial charge in [-0.15, -0.1) is 0 Å². The molecule has 104 valence electrons. The number of aliphatic hydroxyl groups excluding tert-OH is 1. The largest absolute Gasteiger partial charge is 0.489 e. The van der Waals surface area contributed by atoms with Gasteiger partial charge in [-0.05, 0) is 18.1 Å². The fourth-order valence-corrected chi connectivity index (χ4v) is 2.85. The van der Waals surface area contributed by atoms with Crippen molar-refractivity contribution in [1.29, 1.82) is 0 Å². The van der Waals surface area contributed by atoms with Gasteiger partial charge in [0.1, 0.15) is 18.5 Å². The van der Waals surface area contributed by atoms with Crippen LogP contribution >= 0.6 is 0 Å². The molecule has 0 amide bonds. The molecule has 0 aromatic heterocycles. The van der Waals surface area contributed by atoms with E-state index in [-0.39, 0.29) is 0 Å². The van der Waals surface area contributed by atoms with Gasteiger partial charge in [0, 0.05) is 12.7 Å². The third-order valence-electron chi connectivity index (χ3n) is 4.04. The minimum absolute atomic E-state index is 0.298. The second-order valence-corrected chi connectivity index (χ2v) is 5.14. The summed E-state index contributed by atoms with van der Waals surface area (Å²) in [4.78, 5) is 0. The predicted molar refractivity (Wildman–Crippen MR) is 76.8 cm³/mol. The fourth-order valence-electron chi connectivity index (χ4n) is 2.85. The second-order valence-electron chi connectivity index (χ2n) is 5.14. The van der Waals surface area contributed by atoms with Gasteiger partial charge in [-0.25, -0.2) is 0 Å². The maximum Gasteiger partial charge on any atom is 0.156 e. The summed E-state index contributed by atoms with van der Waals surface area (Å²) in [6.07, 6.45) is -0.751. The summed E-state index contributed by atoms with van der Waals surface area (Å²) in [6.45, 7) is 2.28. The maximum absolute atomic E-state index is 10.8. The van der Waals surface area contributed by atoms with Crippen molar-refractivity contribution in [2.24, 2.45) is 0 Å². The van der Waals surface area contributed by atoms with Crippen LogP contribution in [0.1, 0.15) is 22.8 Å². The van der Waals surface area contributed by atoms with Gasteiger partial charge in [0.05, 0.1) is 0 Å². The first kappa shape index (κ1) is 13.2. The molecule has 0 bridgehead atoms. The standard InChI is InChI=1S/C17H18O3/c1-12-7-6-10-14-15(12)20-11-17(19-2,16(14)18)13-8-4-3-5-9-13/h3-10,16,18H,11H2,1-2H3. The van der Waals surface area contributed by atoms with Crippen molar-refractivity contribution in [2.45, 2.75) is 18.6 Å². The maximum atomic E-state index is 10.8. The van der Waals surface area contributed by atoms with E-state index >= 15 is 0 Å². The topological polar surface area (TPSA) is 38.7 Å². The molecular weight excluding hydrogens is 252 g/mol. The first-order valence-electron chi connectivity index (χ1n) is 6.70. The van der Waals surface area contributed by atoms with Crippen molar-refractivity contribution in [3.63, 3.8) is 0 Å². The number of hydrogen-bond acceptors (Lipinski definition) is 3. The van der Waals surface area contributed by atoms with Crippen LogP contribution in [-0.4, -0.2) is 18.8 Å². The molecule has 2 unspecified atom stereocenters. The number of aryl methyl sites for hydroxylation is 1. The molecule has 2 atom stereocenters. The molecule has 1 aliphatic rings. The van der Waals surface area contributed by atoms with Crippen molar-refractivity contribution >= 4 is 0 Å². The highest BCUT2D eigenvalue weighted by Gasteiger charge is 2.46. The molecule has 0 fully saturated rings. The Morgan fingerprint density at radius 1 is 1.15 bits per heavy atom. The third kappa shape index (κ3) is 1.82. The van der Waals surface area contributed by atoms with Crippen LogP contribution in [0, 0.1) is 6.92 Å². The summed E-state index contributed by atoms with van der Waals surface area (Å²) in [5.41, 5.74) is 1.87. The lowest BCUT2D eigenvalue weighted by Crippen LogP contribution is -2.44. The van der Waals surface area contributed by atoms with Gasteiger partial charge in [-0.2, -0.15) is 0 Å². The van der Waals surface area contributed by atoms with E-state index in [4.69, 9.17) is 9.47 Å². The highest BCUT2D eigenvalue weighted by molar-refractivity contribution is 5.46. The molecule has 0 aliphatic carbocycles. The number of rotatable bonds is 2. The number of methoxy groups -OCH3 is 1. The first-order chi connectivity index (χ1) is 9.69. The Morgan fingerprint density at radius 2 is 1.90 bits per heavy atom. The van der Waals surface area contributed by atoms with Crippen LogP contribution in [-0.2, 0) is 10.3 Å². The van der Waals surface area contributed by atoms with Gasteiger partial charge < -0.3 is 14.6 Å². The van der Waals surface area contributed by atoms with Crippen LogP contribution in [0.2, 0.25) is 0 Å². The Hall–Kier alpha value is -1.84. The van der Waals surface area contributed by atoms with Crippen molar-refractivity contribution in [1.82, 2.24) is 0 Å². The molecule has 20 heavy (non-hydrogen) atoms. The van der Waals surface area contributed by atoms with Crippen LogP contribution in [0.25, 0.3) is 0 Å². The lowest BCUT2D eigenvalue weighted by atomic mass is 9.82. The van der Waals surface area contributed by atoms with E-state index in [0.29, 0.717) is 6.61 Å². The van der Waals surface area contributed by atoms with Gasteiger partial charge in [0.15, 0.2) is 5.60 Å². The van der Waals surface area contributed by atoms with Gasteiger partial charge in [-0.1, -0.05) is 48.5 Å². The van der Waals surface area contributed by atoms with Crippen LogP contribution < -0.4 is 4.74 Å². The average Bonchev–Trinajstić information content (AvgIpc) is 2.50. The third-order valence-corrected chi connectivity index (χ3v) is 4.04. The number of aliphatic hydroxyl groups is 1. The van der Waals surface area contributed by atoms with Crippen LogP contribution in [0.5, 0.6) is 5.75 Å². The Kier molecular flexibility index (Phi) is 3.24. The van der Waals surface area contributed by atoms with Crippen molar-refractivity contribution in [2.75, 3.05) is 13.7 Å². The number of ether oxygens (including phenoxy) is 2.